The van der Waals surface area contributed by atoms with Crippen LogP contribution in [0, 0.1) is 11.3 Å². The van der Waals surface area contributed by atoms with Gasteiger partial charge in [0.2, 0.25) is 0 Å². The lowest BCUT2D eigenvalue weighted by Gasteiger charge is -2.07. The average Bonchev–Trinajstić information content (AvgIpc) is 2.96. The molecule has 2 heteroatoms. The summed E-state index contributed by atoms with van der Waals surface area (Å²) in [5, 5.41) is 9.79. The highest BCUT2D eigenvalue weighted by atomic mass is 14.9. The van der Waals surface area contributed by atoms with Crippen molar-refractivity contribution in [1.82, 2.24) is 4.40 Å². The molecule has 0 spiro atoms. The van der Waals surface area contributed by atoms with Crippen LogP contribution < -0.4 is 0 Å². The van der Waals surface area contributed by atoms with E-state index in [1.165, 1.54) is 5.56 Å². The number of fused-ring (bicyclic) bond motifs is 1. The predicted octanol–water partition coefficient (Wildman–Crippen LogP) is 5.07. The van der Waals surface area contributed by atoms with E-state index in [-0.39, 0.29) is 0 Å². The largest absolute Gasteiger partial charge is 0.315 e. The van der Waals surface area contributed by atoms with Gasteiger partial charge in [0, 0.05) is 18.2 Å². The fraction of sp³-hybridized carbons (Fsp3) is 0.0455. The second-order valence-corrected chi connectivity index (χ2v) is 5.80. The second-order valence-electron chi connectivity index (χ2n) is 5.80. The normalized spacial score (nSPS) is 10.6. The summed E-state index contributed by atoms with van der Waals surface area (Å²) in [5.41, 5.74) is 6.25. The van der Waals surface area contributed by atoms with E-state index in [2.05, 4.69) is 34.7 Å². The molecule has 4 aromatic rings. The number of hydrogen-bond acceptors (Lipinski definition) is 1. The Hall–Kier alpha value is -3.31. The van der Waals surface area contributed by atoms with Crippen molar-refractivity contribution in [3.63, 3.8) is 0 Å². The van der Waals surface area contributed by atoms with Crippen molar-refractivity contribution in [2.45, 2.75) is 6.42 Å². The number of aromatic nitrogens is 1. The van der Waals surface area contributed by atoms with Crippen LogP contribution in [0.3, 0.4) is 0 Å². The highest BCUT2D eigenvalue weighted by Crippen LogP contribution is 2.33. The van der Waals surface area contributed by atoms with E-state index in [1.54, 1.807) is 0 Å². The summed E-state index contributed by atoms with van der Waals surface area (Å²) in [5.74, 6) is 0. The number of pyridine rings is 1. The molecule has 0 saturated carbocycles. The molecule has 0 saturated heterocycles. The number of nitrogens with zero attached hydrogens (tertiary/aromatic N) is 2. The van der Waals surface area contributed by atoms with Crippen LogP contribution in [0.1, 0.15) is 16.7 Å². The zero-order valence-electron chi connectivity index (χ0n) is 13.2. The lowest BCUT2D eigenvalue weighted by molar-refractivity contribution is 1.15. The summed E-state index contributed by atoms with van der Waals surface area (Å²) in [6.07, 6.45) is 2.78. The summed E-state index contributed by atoms with van der Waals surface area (Å²) >= 11 is 0. The van der Waals surface area contributed by atoms with Gasteiger partial charge in [-0.1, -0.05) is 66.7 Å². The van der Waals surface area contributed by atoms with Crippen molar-refractivity contribution in [2.75, 3.05) is 0 Å². The Bertz CT molecular complexity index is 1020. The smallest absolute Gasteiger partial charge is 0.102 e. The van der Waals surface area contributed by atoms with Crippen LogP contribution in [-0.4, -0.2) is 4.40 Å². The van der Waals surface area contributed by atoms with E-state index in [0.717, 1.165) is 34.3 Å². The monoisotopic (exact) mass is 308 g/mol. The van der Waals surface area contributed by atoms with E-state index in [9.17, 15) is 5.26 Å². The third-order valence-corrected chi connectivity index (χ3v) is 4.33. The molecule has 0 bridgehead atoms. The molecule has 0 amide bonds. The lowest BCUT2D eigenvalue weighted by atomic mass is 9.98. The maximum Gasteiger partial charge on any atom is 0.102 e. The topological polar surface area (TPSA) is 28.2 Å². The van der Waals surface area contributed by atoms with Gasteiger partial charge in [-0.05, 0) is 23.3 Å². The molecule has 0 N–H and O–H groups in total. The molecule has 0 atom stereocenters. The van der Waals surface area contributed by atoms with Crippen LogP contribution in [0.2, 0.25) is 0 Å². The predicted molar refractivity (Wildman–Crippen MR) is 96.8 cm³/mol. The number of benzene rings is 2. The van der Waals surface area contributed by atoms with Crippen LogP contribution in [0.4, 0.5) is 0 Å². The molecular weight excluding hydrogens is 292 g/mol. The van der Waals surface area contributed by atoms with Gasteiger partial charge >= 0.3 is 0 Å². The maximum atomic E-state index is 9.79. The SMILES string of the molecule is N#Cc1c(Cc2ccccc2)c(-c2ccccc2)n2ccccc12. The molecule has 24 heavy (non-hydrogen) atoms. The lowest BCUT2D eigenvalue weighted by Crippen LogP contribution is -1.93. The molecule has 0 aliphatic heterocycles. The molecular formula is C22H16N2. The van der Waals surface area contributed by atoms with Crippen molar-refractivity contribution < 1.29 is 0 Å². The quantitative estimate of drug-likeness (QED) is 0.519. The molecule has 0 fully saturated rings. The molecule has 2 aromatic heterocycles. The molecule has 2 heterocycles. The summed E-state index contributed by atoms with van der Waals surface area (Å²) < 4.78 is 2.13. The van der Waals surface area contributed by atoms with Gasteiger partial charge in [-0.3, -0.25) is 0 Å². The molecule has 4 rings (SSSR count). The van der Waals surface area contributed by atoms with Crippen LogP contribution in [0.15, 0.2) is 85.1 Å². The van der Waals surface area contributed by atoms with Crippen molar-refractivity contribution >= 4 is 5.52 Å². The first kappa shape index (κ1) is 14.3. The van der Waals surface area contributed by atoms with Crippen LogP contribution in [0.25, 0.3) is 16.8 Å². The fourth-order valence-electron chi connectivity index (χ4n) is 3.27. The molecule has 0 aliphatic rings. The van der Waals surface area contributed by atoms with Gasteiger partial charge in [-0.15, -0.1) is 0 Å². The maximum absolute atomic E-state index is 9.79. The highest BCUT2D eigenvalue weighted by Gasteiger charge is 2.19. The number of nitriles is 1. The van der Waals surface area contributed by atoms with E-state index in [0.29, 0.717) is 0 Å². The summed E-state index contributed by atoms with van der Waals surface area (Å²) in [6, 6.07) is 29.0. The zero-order chi connectivity index (χ0) is 16.4. The third-order valence-electron chi connectivity index (χ3n) is 4.33. The second kappa shape index (κ2) is 6.06. The van der Waals surface area contributed by atoms with E-state index < -0.39 is 0 Å². The fourth-order valence-corrected chi connectivity index (χ4v) is 3.27. The van der Waals surface area contributed by atoms with Crippen LogP contribution >= 0.6 is 0 Å². The Morgan fingerprint density at radius 1 is 0.792 bits per heavy atom. The van der Waals surface area contributed by atoms with Gasteiger partial charge in [-0.25, -0.2) is 0 Å². The molecule has 0 aliphatic carbocycles. The number of rotatable bonds is 3. The Labute approximate surface area is 141 Å². The summed E-state index contributed by atoms with van der Waals surface area (Å²) in [7, 11) is 0. The molecule has 2 aromatic carbocycles. The van der Waals surface area contributed by atoms with Gasteiger partial charge in [0.1, 0.15) is 6.07 Å². The summed E-state index contributed by atoms with van der Waals surface area (Å²) in [6.45, 7) is 0. The van der Waals surface area contributed by atoms with Crippen LogP contribution in [0.5, 0.6) is 0 Å². The van der Waals surface area contributed by atoms with Gasteiger partial charge in [0.05, 0.1) is 16.8 Å². The van der Waals surface area contributed by atoms with Gasteiger partial charge in [0.15, 0.2) is 0 Å². The van der Waals surface area contributed by atoms with Crippen molar-refractivity contribution in [2.24, 2.45) is 0 Å². The Kier molecular flexibility index (Phi) is 3.61. The number of hydrogen-bond donors (Lipinski definition) is 0. The summed E-state index contributed by atoms with van der Waals surface area (Å²) in [4.78, 5) is 0. The zero-order valence-corrected chi connectivity index (χ0v) is 13.2. The minimum Gasteiger partial charge on any atom is -0.315 e. The standard InChI is InChI=1S/C22H16N2/c23-16-20-19(15-17-9-3-1-4-10-17)22(18-11-5-2-6-12-18)24-14-8-7-13-21(20)24/h1-14H,15H2. The highest BCUT2D eigenvalue weighted by molar-refractivity contribution is 5.79. The molecule has 114 valence electrons. The minimum absolute atomic E-state index is 0.746. The molecule has 2 nitrogen and oxygen atoms in total. The molecule has 0 unspecified atom stereocenters. The third kappa shape index (κ3) is 2.37. The van der Waals surface area contributed by atoms with E-state index in [1.807, 2.05) is 60.8 Å². The van der Waals surface area contributed by atoms with E-state index in [4.69, 9.17) is 0 Å². The first-order valence-corrected chi connectivity index (χ1v) is 8.00. The average molecular weight is 308 g/mol. The Morgan fingerprint density at radius 2 is 1.46 bits per heavy atom. The van der Waals surface area contributed by atoms with Gasteiger partial charge < -0.3 is 4.40 Å². The van der Waals surface area contributed by atoms with Crippen molar-refractivity contribution in [3.05, 3.63) is 102 Å². The first-order valence-electron chi connectivity index (χ1n) is 8.00. The Morgan fingerprint density at radius 3 is 2.17 bits per heavy atom. The Balaban J connectivity index is 2.02. The van der Waals surface area contributed by atoms with Crippen molar-refractivity contribution in [3.8, 4) is 17.3 Å². The minimum atomic E-state index is 0.746. The van der Waals surface area contributed by atoms with Crippen molar-refractivity contribution in [1.29, 1.82) is 5.26 Å². The first-order chi connectivity index (χ1) is 11.9. The van der Waals surface area contributed by atoms with Crippen LogP contribution in [-0.2, 0) is 6.42 Å². The molecule has 0 radical (unpaired) electrons. The van der Waals surface area contributed by atoms with Gasteiger partial charge in [0.25, 0.3) is 0 Å². The van der Waals surface area contributed by atoms with Gasteiger partial charge in [-0.2, -0.15) is 5.26 Å². The van der Waals surface area contributed by atoms with E-state index >= 15 is 0 Å².